The molecule has 2 aromatic carbocycles. The van der Waals surface area contributed by atoms with Crippen molar-refractivity contribution in [3.05, 3.63) is 69.8 Å². The Labute approximate surface area is 283 Å². The maximum Gasteiger partial charge on any atom is 0.335 e. The van der Waals surface area contributed by atoms with Gasteiger partial charge in [0.15, 0.2) is 0 Å². The highest BCUT2D eigenvalue weighted by Gasteiger charge is 2.46. The number of rotatable bonds is 12. The highest BCUT2D eigenvalue weighted by Crippen LogP contribution is 2.49. The van der Waals surface area contributed by atoms with Crippen LogP contribution in [-0.4, -0.2) is 70.9 Å². The highest BCUT2D eigenvalue weighted by molar-refractivity contribution is 7.89. The number of aromatic carboxylic acids is 1. The smallest absolute Gasteiger partial charge is 0.335 e. The van der Waals surface area contributed by atoms with Crippen LogP contribution in [0.5, 0.6) is 5.75 Å². The number of carboxylic acid groups (broad SMARTS) is 1. The van der Waals surface area contributed by atoms with Gasteiger partial charge in [-0.05, 0) is 116 Å². The number of primary sulfonamides is 1. The van der Waals surface area contributed by atoms with Crippen LogP contribution in [-0.2, 0) is 31.3 Å². The molecule has 2 aromatic rings. The minimum absolute atomic E-state index is 0.0864. The molecule has 0 amide bonds. The summed E-state index contributed by atoms with van der Waals surface area (Å²) >= 11 is 6.42. The number of nitrogens with zero attached hydrogens (tertiary/aromatic N) is 1. The summed E-state index contributed by atoms with van der Waals surface area (Å²) in [7, 11) is -1.95. The van der Waals surface area contributed by atoms with Crippen molar-refractivity contribution >= 4 is 33.3 Å². The predicted molar refractivity (Wildman–Crippen MR) is 183 cm³/mol. The number of fused-ring (bicyclic) bond motifs is 3. The molecule has 1 fully saturated rings. The molecule has 3 N–H and O–H groups in total. The second-order valence-corrected chi connectivity index (χ2v) is 16.5. The predicted octanol–water partition coefficient (Wildman–Crippen LogP) is 5.83. The molecular weight excluding hydrogens is 640 g/mol. The van der Waals surface area contributed by atoms with E-state index in [2.05, 4.69) is 23.1 Å². The number of hydrogen-bond acceptors (Lipinski definition) is 7. The summed E-state index contributed by atoms with van der Waals surface area (Å²) in [5.41, 5.74) is 4.55. The standard InChI is InChI=1S/C36H47ClN2O7S/c1-22(23(2)47(38,42)43)27-15-28(16-27)34(45-14-13-44-3)30-9-6-26(30)19-39-20-36(12-4-5-24-17-29(37)8-10-31(24)36)21-46-33-11-7-25(35(40)41)18-32(33)39/h7-8,10-11,15,17-18,22-23,26-27,30,34H,4-6,9,12-14,16,19-21H2,1-3H3,(H,40,41)(H2,38,42,43)/t22-,23-,26+,27+,30-,34+,36+/m1/s1. The fraction of sp³-hybridized carbons (Fsp3) is 0.583. The van der Waals surface area contributed by atoms with Crippen molar-refractivity contribution in [1.29, 1.82) is 0 Å². The molecule has 1 saturated carbocycles. The van der Waals surface area contributed by atoms with E-state index in [4.69, 9.17) is 31.0 Å². The van der Waals surface area contributed by atoms with Crippen LogP contribution in [0.2, 0.25) is 5.02 Å². The number of allylic oxidation sites excluding steroid dienone is 1. The Kier molecular flexibility index (Phi) is 9.99. The zero-order valence-corrected chi connectivity index (χ0v) is 29.1. The Balaban J connectivity index is 1.29. The van der Waals surface area contributed by atoms with E-state index in [0.29, 0.717) is 38.0 Å². The zero-order chi connectivity index (χ0) is 33.5. The van der Waals surface area contributed by atoms with Crippen molar-refractivity contribution in [3.63, 3.8) is 0 Å². The van der Waals surface area contributed by atoms with Crippen molar-refractivity contribution in [2.75, 3.05) is 44.9 Å². The largest absolute Gasteiger partial charge is 0.490 e. The average Bonchev–Trinajstić information content (AvgIpc) is 3.14. The molecule has 0 unspecified atom stereocenters. The Morgan fingerprint density at radius 1 is 1.19 bits per heavy atom. The lowest BCUT2D eigenvalue weighted by molar-refractivity contribution is -0.0418. The van der Waals surface area contributed by atoms with Gasteiger partial charge in [-0.25, -0.2) is 18.4 Å². The molecule has 47 heavy (non-hydrogen) atoms. The summed E-state index contributed by atoms with van der Waals surface area (Å²) < 4.78 is 42.4. The van der Waals surface area contributed by atoms with E-state index in [1.165, 1.54) is 16.7 Å². The van der Waals surface area contributed by atoms with E-state index >= 15 is 0 Å². The normalized spacial score (nSPS) is 27.2. The van der Waals surface area contributed by atoms with Crippen molar-refractivity contribution in [2.24, 2.45) is 28.8 Å². The third kappa shape index (κ3) is 6.95. The fourth-order valence-corrected chi connectivity index (χ4v) is 9.22. The van der Waals surface area contributed by atoms with Crippen molar-refractivity contribution in [3.8, 4) is 5.75 Å². The maximum absolute atomic E-state index is 12.1. The minimum atomic E-state index is -3.62. The van der Waals surface area contributed by atoms with Crippen molar-refractivity contribution in [2.45, 2.75) is 69.1 Å². The van der Waals surface area contributed by atoms with Crippen LogP contribution in [0.25, 0.3) is 0 Å². The highest BCUT2D eigenvalue weighted by atomic mass is 35.5. The van der Waals surface area contributed by atoms with Gasteiger partial charge in [0.05, 0.1) is 42.4 Å². The number of hydrogen-bond donors (Lipinski definition) is 2. The molecule has 3 aliphatic carbocycles. The van der Waals surface area contributed by atoms with Crippen LogP contribution in [0.15, 0.2) is 48.0 Å². The Hall–Kier alpha value is -2.63. The monoisotopic (exact) mass is 686 g/mol. The molecular formula is C36H47ClN2O7S. The molecule has 256 valence electrons. The van der Waals surface area contributed by atoms with Gasteiger partial charge in [-0.3, -0.25) is 0 Å². The van der Waals surface area contributed by atoms with Gasteiger partial charge in [0.1, 0.15) is 5.75 Å². The number of nitrogens with two attached hydrogens (primary N) is 1. The average molecular weight is 687 g/mol. The van der Waals surface area contributed by atoms with Gasteiger partial charge in [-0.1, -0.05) is 30.7 Å². The number of sulfonamides is 1. The SMILES string of the molecule is COCCO[C@@H](C1=C[C@H]([C@H](C)[C@@H](C)S(N)(=O)=O)C1)[C@@H]1CC[C@H]1CN1C[C@@]2(CCCc3cc(Cl)ccc32)COc2ccc(C(=O)O)cc21. The van der Waals surface area contributed by atoms with Crippen LogP contribution in [0.1, 0.15) is 67.4 Å². The number of anilines is 1. The molecule has 9 nitrogen and oxygen atoms in total. The first-order valence-electron chi connectivity index (χ1n) is 16.8. The van der Waals surface area contributed by atoms with Crippen LogP contribution in [0.3, 0.4) is 0 Å². The number of carboxylic acids is 1. The molecule has 4 aliphatic rings. The number of benzene rings is 2. The van der Waals surface area contributed by atoms with Crippen LogP contribution >= 0.6 is 11.6 Å². The first-order chi connectivity index (χ1) is 22.4. The Bertz CT molecular complexity index is 1630. The maximum atomic E-state index is 12.1. The molecule has 6 rings (SSSR count). The molecule has 0 bridgehead atoms. The quantitative estimate of drug-likeness (QED) is 0.211. The lowest BCUT2D eigenvalue weighted by Gasteiger charge is -2.48. The lowest BCUT2D eigenvalue weighted by atomic mass is 9.64. The molecule has 1 spiro atoms. The molecule has 1 heterocycles. The number of ether oxygens (including phenoxy) is 3. The van der Waals surface area contributed by atoms with Gasteiger partial charge in [-0.2, -0.15) is 0 Å². The summed E-state index contributed by atoms with van der Waals surface area (Å²) in [6.45, 7) is 6.57. The van der Waals surface area contributed by atoms with Crippen LogP contribution in [0, 0.1) is 23.7 Å². The number of aryl methyl sites for hydroxylation is 1. The van der Waals surface area contributed by atoms with Crippen molar-refractivity contribution in [1.82, 2.24) is 0 Å². The minimum Gasteiger partial charge on any atom is -0.490 e. The van der Waals surface area contributed by atoms with E-state index in [1.54, 1.807) is 32.2 Å². The second-order valence-electron chi connectivity index (χ2n) is 14.1. The first-order valence-corrected chi connectivity index (χ1v) is 18.8. The second kappa shape index (κ2) is 13.7. The third-order valence-electron chi connectivity index (χ3n) is 11.4. The summed E-state index contributed by atoms with van der Waals surface area (Å²) in [6.07, 6.45) is 7.93. The lowest BCUT2D eigenvalue weighted by Crippen LogP contribution is -2.50. The van der Waals surface area contributed by atoms with E-state index in [9.17, 15) is 18.3 Å². The molecule has 7 atom stereocenters. The summed E-state index contributed by atoms with van der Waals surface area (Å²) in [6, 6.07) is 11.4. The van der Waals surface area contributed by atoms with Gasteiger partial charge in [0, 0.05) is 30.6 Å². The Morgan fingerprint density at radius 2 is 1.98 bits per heavy atom. The summed E-state index contributed by atoms with van der Waals surface area (Å²) in [4.78, 5) is 14.4. The molecule has 0 saturated heterocycles. The molecule has 11 heteroatoms. The zero-order valence-electron chi connectivity index (χ0n) is 27.5. The van der Waals surface area contributed by atoms with Crippen LogP contribution in [0.4, 0.5) is 5.69 Å². The third-order valence-corrected chi connectivity index (χ3v) is 13.1. The van der Waals surface area contributed by atoms with E-state index in [-0.39, 0.29) is 34.8 Å². The van der Waals surface area contributed by atoms with Crippen LogP contribution < -0.4 is 14.8 Å². The van der Waals surface area contributed by atoms with Gasteiger partial charge < -0.3 is 24.2 Å². The van der Waals surface area contributed by atoms with Gasteiger partial charge in [0.2, 0.25) is 10.0 Å². The van der Waals surface area contributed by atoms with E-state index in [1.807, 2.05) is 13.0 Å². The summed E-state index contributed by atoms with van der Waals surface area (Å²) in [5, 5.41) is 15.5. The van der Waals surface area contributed by atoms with Crippen molar-refractivity contribution < 1.29 is 32.5 Å². The number of halogens is 1. The van der Waals surface area contributed by atoms with E-state index < -0.39 is 21.2 Å². The topological polar surface area (TPSA) is 128 Å². The van der Waals surface area contributed by atoms with Gasteiger partial charge in [0.25, 0.3) is 0 Å². The summed E-state index contributed by atoms with van der Waals surface area (Å²) in [5.74, 6) is 0.372. The van der Waals surface area contributed by atoms with E-state index in [0.717, 1.165) is 55.8 Å². The molecule has 1 aliphatic heterocycles. The van der Waals surface area contributed by atoms with Gasteiger partial charge >= 0.3 is 5.97 Å². The Morgan fingerprint density at radius 3 is 2.66 bits per heavy atom. The molecule has 0 aromatic heterocycles. The molecule has 0 radical (unpaired) electrons. The fourth-order valence-electron chi connectivity index (χ4n) is 8.22. The number of methoxy groups -OCH3 is 1. The first kappa shape index (κ1) is 34.2. The number of carbonyl (C=O) groups is 1. The van der Waals surface area contributed by atoms with Gasteiger partial charge in [-0.15, -0.1) is 0 Å².